The summed E-state index contributed by atoms with van der Waals surface area (Å²) in [5, 5.41) is 9.76. The third-order valence-electron chi connectivity index (χ3n) is 4.79. The summed E-state index contributed by atoms with van der Waals surface area (Å²) in [4.78, 5) is 16.1. The quantitative estimate of drug-likeness (QED) is 0.848. The first-order valence-corrected chi connectivity index (χ1v) is 8.83. The van der Waals surface area contributed by atoms with E-state index in [0.717, 1.165) is 23.1 Å². The van der Waals surface area contributed by atoms with E-state index >= 15 is 0 Å². The van der Waals surface area contributed by atoms with E-state index in [1.165, 1.54) is 4.90 Å². The smallest absolute Gasteiger partial charge is 0.260 e. The molecule has 0 unspecified atom stereocenters. The predicted octanol–water partition coefficient (Wildman–Crippen LogP) is 2.65. The van der Waals surface area contributed by atoms with Gasteiger partial charge in [-0.2, -0.15) is 0 Å². The molecule has 1 aliphatic heterocycles. The van der Waals surface area contributed by atoms with Crippen LogP contribution >= 0.6 is 0 Å². The van der Waals surface area contributed by atoms with Crippen LogP contribution in [0, 0.1) is 11.6 Å². The Hall–Kier alpha value is -2.87. The van der Waals surface area contributed by atoms with Crippen LogP contribution < -0.4 is 9.47 Å². The number of piperazine rings is 1. The van der Waals surface area contributed by atoms with Gasteiger partial charge in [0.2, 0.25) is 0 Å². The second kappa shape index (κ2) is 8.43. The third-order valence-corrected chi connectivity index (χ3v) is 4.79. The molecule has 1 saturated heterocycles. The molecule has 0 saturated carbocycles. The summed E-state index contributed by atoms with van der Waals surface area (Å²) in [5.41, 5.74) is 0.466. The van der Waals surface area contributed by atoms with E-state index in [1.807, 2.05) is 18.2 Å². The molecule has 0 aliphatic carbocycles. The number of nitrogens with zero attached hydrogens (tertiary/aromatic N) is 2. The molecule has 8 heteroatoms. The van der Waals surface area contributed by atoms with Crippen molar-refractivity contribution >= 4 is 5.91 Å². The Bertz CT molecular complexity index is 844. The van der Waals surface area contributed by atoms with Gasteiger partial charge < -0.3 is 19.5 Å². The summed E-state index contributed by atoms with van der Waals surface area (Å²) in [6, 6.07) is 6.90. The van der Waals surface area contributed by atoms with Crippen LogP contribution in [0.1, 0.15) is 15.9 Å². The van der Waals surface area contributed by atoms with E-state index in [9.17, 15) is 18.7 Å². The highest BCUT2D eigenvalue weighted by Crippen LogP contribution is 2.27. The number of amides is 1. The number of phenols is 1. The van der Waals surface area contributed by atoms with Gasteiger partial charge in [0, 0.05) is 50.4 Å². The number of carbonyl (C=O) groups excluding carboxylic acids is 1. The van der Waals surface area contributed by atoms with Gasteiger partial charge in [0.25, 0.3) is 5.91 Å². The second-order valence-electron chi connectivity index (χ2n) is 6.53. The minimum absolute atomic E-state index is 0.362. The molecule has 2 aromatic carbocycles. The highest BCUT2D eigenvalue weighted by molar-refractivity contribution is 5.97. The molecule has 28 heavy (non-hydrogen) atoms. The zero-order chi connectivity index (χ0) is 20.3. The Balaban J connectivity index is 1.66. The minimum atomic E-state index is -1.06. The van der Waals surface area contributed by atoms with E-state index in [0.29, 0.717) is 38.8 Å². The Labute approximate surface area is 161 Å². The lowest BCUT2D eigenvalue weighted by molar-refractivity contribution is 0.0619. The van der Waals surface area contributed by atoms with Crippen molar-refractivity contribution in [3.63, 3.8) is 0 Å². The van der Waals surface area contributed by atoms with Gasteiger partial charge in [0.15, 0.2) is 0 Å². The van der Waals surface area contributed by atoms with E-state index in [-0.39, 0.29) is 0 Å². The summed E-state index contributed by atoms with van der Waals surface area (Å²) in [7, 11) is 3.20. The van der Waals surface area contributed by atoms with Gasteiger partial charge in [-0.3, -0.25) is 9.69 Å². The SMILES string of the molecule is COc1ccc(OC)c(CN2CCN(C(=O)c3c(O)cc(F)cc3F)CC2)c1. The zero-order valence-corrected chi connectivity index (χ0v) is 15.7. The molecule has 0 atom stereocenters. The summed E-state index contributed by atoms with van der Waals surface area (Å²) in [5.74, 6) is -1.85. The van der Waals surface area contributed by atoms with E-state index < -0.39 is 28.9 Å². The van der Waals surface area contributed by atoms with Crippen LogP contribution in [-0.4, -0.2) is 61.2 Å². The van der Waals surface area contributed by atoms with Crippen molar-refractivity contribution in [3.8, 4) is 17.2 Å². The van der Waals surface area contributed by atoms with Gasteiger partial charge in [-0.05, 0) is 18.2 Å². The number of rotatable bonds is 5. The normalized spacial score (nSPS) is 14.8. The average molecular weight is 392 g/mol. The lowest BCUT2D eigenvalue weighted by atomic mass is 10.1. The number of aromatic hydroxyl groups is 1. The molecule has 0 aromatic heterocycles. The maximum absolute atomic E-state index is 14.0. The number of ether oxygens (including phenoxy) is 2. The van der Waals surface area contributed by atoms with Crippen molar-refractivity contribution in [2.45, 2.75) is 6.54 Å². The lowest BCUT2D eigenvalue weighted by Crippen LogP contribution is -2.48. The average Bonchev–Trinajstić information content (AvgIpc) is 2.67. The molecule has 1 aliphatic rings. The first-order chi connectivity index (χ1) is 13.4. The van der Waals surface area contributed by atoms with Crippen molar-refractivity contribution < 1.29 is 28.2 Å². The van der Waals surface area contributed by atoms with Crippen LogP contribution in [0.2, 0.25) is 0 Å². The van der Waals surface area contributed by atoms with Gasteiger partial charge >= 0.3 is 0 Å². The standard InChI is InChI=1S/C20H22F2N2O4/c1-27-15-3-4-18(28-2)13(9-15)12-23-5-7-24(8-6-23)20(26)19-16(22)10-14(21)11-17(19)25/h3-4,9-11,25H,5-8,12H2,1-2H3. The van der Waals surface area contributed by atoms with Gasteiger partial charge in [0.1, 0.15) is 34.4 Å². The molecule has 1 heterocycles. The third kappa shape index (κ3) is 4.17. The largest absolute Gasteiger partial charge is 0.507 e. The highest BCUT2D eigenvalue weighted by atomic mass is 19.1. The fourth-order valence-corrected chi connectivity index (χ4v) is 3.29. The fourth-order valence-electron chi connectivity index (χ4n) is 3.29. The highest BCUT2D eigenvalue weighted by Gasteiger charge is 2.27. The molecule has 0 radical (unpaired) electrons. The molecule has 0 bridgehead atoms. The molecule has 1 amide bonds. The van der Waals surface area contributed by atoms with Crippen LogP contribution in [0.3, 0.4) is 0 Å². The van der Waals surface area contributed by atoms with Crippen LogP contribution in [-0.2, 0) is 6.54 Å². The van der Waals surface area contributed by atoms with E-state index in [4.69, 9.17) is 9.47 Å². The Kier molecular flexibility index (Phi) is 5.99. The van der Waals surface area contributed by atoms with Crippen LogP contribution in [0.15, 0.2) is 30.3 Å². The van der Waals surface area contributed by atoms with Crippen LogP contribution in [0.4, 0.5) is 8.78 Å². The van der Waals surface area contributed by atoms with Crippen molar-refractivity contribution in [2.75, 3.05) is 40.4 Å². The summed E-state index contributed by atoms with van der Waals surface area (Å²) < 4.78 is 37.7. The van der Waals surface area contributed by atoms with Crippen molar-refractivity contribution in [1.82, 2.24) is 9.80 Å². The number of methoxy groups -OCH3 is 2. The lowest BCUT2D eigenvalue weighted by Gasteiger charge is -2.35. The molecule has 0 spiro atoms. The predicted molar refractivity (Wildman–Crippen MR) is 98.7 cm³/mol. The van der Waals surface area contributed by atoms with Crippen molar-refractivity contribution in [1.29, 1.82) is 0 Å². The first-order valence-electron chi connectivity index (χ1n) is 8.83. The molecule has 6 nitrogen and oxygen atoms in total. The molecule has 2 aromatic rings. The molecule has 3 rings (SSSR count). The minimum Gasteiger partial charge on any atom is -0.507 e. The summed E-state index contributed by atoms with van der Waals surface area (Å²) >= 11 is 0. The number of carbonyl (C=O) groups is 1. The summed E-state index contributed by atoms with van der Waals surface area (Å²) in [6.45, 7) is 2.46. The van der Waals surface area contributed by atoms with Gasteiger partial charge in [0.05, 0.1) is 14.2 Å². The maximum atomic E-state index is 14.0. The summed E-state index contributed by atoms with van der Waals surface area (Å²) in [6.07, 6.45) is 0. The van der Waals surface area contributed by atoms with Gasteiger partial charge in [-0.25, -0.2) is 8.78 Å². The number of phenolic OH excluding ortho intramolecular Hbond substituents is 1. The molecule has 1 N–H and O–H groups in total. The fraction of sp³-hybridized carbons (Fsp3) is 0.350. The molecule has 1 fully saturated rings. The van der Waals surface area contributed by atoms with Crippen LogP contribution in [0.25, 0.3) is 0 Å². The number of halogens is 2. The van der Waals surface area contributed by atoms with Crippen molar-refractivity contribution in [3.05, 3.63) is 53.1 Å². The second-order valence-corrected chi connectivity index (χ2v) is 6.53. The number of hydrogen-bond donors (Lipinski definition) is 1. The van der Waals surface area contributed by atoms with E-state index in [2.05, 4.69) is 4.90 Å². The number of hydrogen-bond acceptors (Lipinski definition) is 5. The van der Waals surface area contributed by atoms with Crippen LogP contribution in [0.5, 0.6) is 17.2 Å². The molecular weight excluding hydrogens is 370 g/mol. The van der Waals surface area contributed by atoms with Crippen molar-refractivity contribution in [2.24, 2.45) is 0 Å². The first kappa shape index (κ1) is 19.9. The monoisotopic (exact) mass is 392 g/mol. The molecule has 150 valence electrons. The zero-order valence-electron chi connectivity index (χ0n) is 15.7. The van der Waals surface area contributed by atoms with E-state index in [1.54, 1.807) is 14.2 Å². The number of benzene rings is 2. The topological polar surface area (TPSA) is 62.2 Å². The Morgan fingerprint density at radius 3 is 2.39 bits per heavy atom. The Morgan fingerprint density at radius 2 is 1.79 bits per heavy atom. The maximum Gasteiger partial charge on any atom is 0.260 e. The van der Waals surface area contributed by atoms with Gasteiger partial charge in [-0.1, -0.05) is 0 Å². The van der Waals surface area contributed by atoms with Gasteiger partial charge in [-0.15, -0.1) is 0 Å². The molecular formula is C20H22F2N2O4. The Morgan fingerprint density at radius 1 is 1.07 bits per heavy atom.